The summed E-state index contributed by atoms with van der Waals surface area (Å²) in [5, 5.41) is 2.48. The van der Waals surface area contributed by atoms with Crippen molar-refractivity contribution in [1.29, 1.82) is 0 Å². The van der Waals surface area contributed by atoms with Gasteiger partial charge in [0.15, 0.2) is 0 Å². The first kappa shape index (κ1) is 5.98. The minimum atomic E-state index is 1.14. The topological polar surface area (TPSA) is 15.8 Å². The third kappa shape index (κ3) is 0.762. The summed E-state index contributed by atoms with van der Waals surface area (Å²) in [5.41, 5.74) is 0. The number of hydrogen-bond acceptors (Lipinski definition) is 0. The molecule has 1 N–H and O–H groups in total. The Morgan fingerprint density at radius 1 is 1.20 bits per heavy atom. The van der Waals surface area contributed by atoms with Crippen LogP contribution in [0.1, 0.15) is 0 Å². The lowest BCUT2D eigenvalue weighted by molar-refractivity contribution is 1.43. The van der Waals surface area contributed by atoms with Crippen molar-refractivity contribution >= 4 is 26.7 Å². The van der Waals surface area contributed by atoms with E-state index in [0.717, 1.165) is 4.47 Å². The zero-order valence-electron chi connectivity index (χ0n) is 5.26. The zero-order valence-corrected chi connectivity index (χ0v) is 6.85. The molecule has 0 saturated carbocycles. The van der Waals surface area contributed by atoms with Crippen LogP contribution in [0.3, 0.4) is 0 Å². The van der Waals surface area contributed by atoms with Gasteiger partial charge in [0, 0.05) is 27.6 Å². The molecule has 1 aromatic heterocycles. The average Bonchev–Trinajstić information content (AvgIpc) is 2.36. The summed E-state index contributed by atoms with van der Waals surface area (Å²) in [4.78, 5) is 3.05. The van der Waals surface area contributed by atoms with E-state index in [1.807, 2.05) is 24.5 Å². The number of aromatic amines is 1. The van der Waals surface area contributed by atoms with Crippen molar-refractivity contribution in [2.24, 2.45) is 0 Å². The Labute approximate surface area is 67.2 Å². The Bertz CT molecular complexity index is 351. The van der Waals surface area contributed by atoms with Crippen LogP contribution in [0.5, 0.6) is 0 Å². The van der Waals surface area contributed by atoms with Crippen LogP contribution in [0, 0.1) is 0 Å². The Balaban J connectivity index is 2.95. The van der Waals surface area contributed by atoms with Crippen LogP contribution in [0.25, 0.3) is 10.8 Å². The molecule has 1 heterocycles. The van der Waals surface area contributed by atoms with Gasteiger partial charge < -0.3 is 4.98 Å². The standard InChI is InChI=1S/C8H6BrN/c9-8-3-1-2-6-4-10-5-7(6)8/h1-5,10H. The number of benzene rings is 1. The summed E-state index contributed by atoms with van der Waals surface area (Å²) in [5.74, 6) is 0. The molecule has 0 atom stereocenters. The molecule has 0 bridgehead atoms. The molecule has 0 saturated heterocycles. The summed E-state index contributed by atoms with van der Waals surface area (Å²) in [7, 11) is 0. The smallest absolute Gasteiger partial charge is 0.0268 e. The van der Waals surface area contributed by atoms with Crippen molar-refractivity contribution in [3.05, 3.63) is 35.1 Å². The number of aromatic nitrogens is 1. The fourth-order valence-corrected chi connectivity index (χ4v) is 1.54. The van der Waals surface area contributed by atoms with Gasteiger partial charge in [-0.05, 0) is 6.07 Å². The summed E-state index contributed by atoms with van der Waals surface area (Å²) in [6.07, 6.45) is 3.97. The highest BCUT2D eigenvalue weighted by Crippen LogP contribution is 2.22. The fraction of sp³-hybridized carbons (Fsp3) is 0. The minimum absolute atomic E-state index is 1.14. The van der Waals surface area contributed by atoms with Gasteiger partial charge in [0.1, 0.15) is 0 Å². The van der Waals surface area contributed by atoms with E-state index in [9.17, 15) is 0 Å². The molecule has 0 unspecified atom stereocenters. The Hall–Kier alpha value is -0.760. The Morgan fingerprint density at radius 2 is 2.10 bits per heavy atom. The van der Waals surface area contributed by atoms with E-state index in [1.165, 1.54) is 10.8 Å². The van der Waals surface area contributed by atoms with Crippen molar-refractivity contribution < 1.29 is 0 Å². The molecule has 2 aromatic rings. The molecule has 0 radical (unpaired) electrons. The molecule has 2 heteroatoms. The van der Waals surface area contributed by atoms with Gasteiger partial charge in [-0.15, -0.1) is 0 Å². The first-order chi connectivity index (χ1) is 4.88. The first-order valence-electron chi connectivity index (χ1n) is 3.09. The quantitative estimate of drug-likeness (QED) is 0.666. The molecule has 0 aliphatic carbocycles. The number of H-pyrrole nitrogens is 1. The van der Waals surface area contributed by atoms with Gasteiger partial charge in [-0.1, -0.05) is 28.1 Å². The predicted octanol–water partition coefficient (Wildman–Crippen LogP) is 2.93. The predicted molar refractivity (Wildman–Crippen MR) is 46.0 cm³/mol. The van der Waals surface area contributed by atoms with E-state index >= 15 is 0 Å². The minimum Gasteiger partial charge on any atom is -0.366 e. The number of rotatable bonds is 0. The van der Waals surface area contributed by atoms with Gasteiger partial charge in [0.05, 0.1) is 0 Å². The molecule has 0 amide bonds. The Morgan fingerprint density at radius 3 is 2.90 bits per heavy atom. The highest BCUT2D eigenvalue weighted by molar-refractivity contribution is 9.10. The van der Waals surface area contributed by atoms with Crippen LogP contribution >= 0.6 is 15.9 Å². The third-order valence-electron chi connectivity index (χ3n) is 1.55. The van der Waals surface area contributed by atoms with Crippen LogP contribution in [-0.4, -0.2) is 4.98 Å². The monoisotopic (exact) mass is 195 g/mol. The molecule has 1 nitrogen and oxygen atoms in total. The number of halogens is 1. The molecule has 1 aromatic carbocycles. The van der Waals surface area contributed by atoms with Gasteiger partial charge >= 0.3 is 0 Å². The fourth-order valence-electron chi connectivity index (χ4n) is 1.05. The van der Waals surface area contributed by atoms with E-state index in [4.69, 9.17) is 0 Å². The summed E-state index contributed by atoms with van der Waals surface area (Å²) in [6, 6.07) is 6.15. The normalized spacial score (nSPS) is 10.5. The largest absolute Gasteiger partial charge is 0.366 e. The van der Waals surface area contributed by atoms with Crippen molar-refractivity contribution in [1.82, 2.24) is 4.98 Å². The first-order valence-corrected chi connectivity index (χ1v) is 3.88. The van der Waals surface area contributed by atoms with Gasteiger partial charge in [-0.2, -0.15) is 0 Å². The van der Waals surface area contributed by atoms with Crippen molar-refractivity contribution in [3.63, 3.8) is 0 Å². The lowest BCUT2D eigenvalue weighted by Crippen LogP contribution is -1.63. The van der Waals surface area contributed by atoms with E-state index in [2.05, 4.69) is 27.0 Å². The van der Waals surface area contributed by atoms with Gasteiger partial charge in [0.25, 0.3) is 0 Å². The number of fused-ring (bicyclic) bond motifs is 1. The van der Waals surface area contributed by atoms with Crippen LogP contribution in [0.15, 0.2) is 35.1 Å². The van der Waals surface area contributed by atoms with E-state index < -0.39 is 0 Å². The van der Waals surface area contributed by atoms with Gasteiger partial charge in [-0.3, -0.25) is 0 Å². The molecular formula is C8H6BrN. The molecule has 10 heavy (non-hydrogen) atoms. The molecule has 0 spiro atoms. The molecule has 50 valence electrons. The molecule has 0 aliphatic rings. The van der Waals surface area contributed by atoms with Crippen LogP contribution in [-0.2, 0) is 0 Å². The average molecular weight is 196 g/mol. The second-order valence-electron chi connectivity index (χ2n) is 2.20. The maximum Gasteiger partial charge on any atom is 0.0268 e. The van der Waals surface area contributed by atoms with E-state index in [0.29, 0.717) is 0 Å². The maximum absolute atomic E-state index is 3.46. The highest BCUT2D eigenvalue weighted by Gasteiger charge is 1.95. The van der Waals surface area contributed by atoms with Crippen LogP contribution in [0.4, 0.5) is 0 Å². The second-order valence-corrected chi connectivity index (χ2v) is 3.05. The molecular weight excluding hydrogens is 190 g/mol. The van der Waals surface area contributed by atoms with Crippen LogP contribution < -0.4 is 0 Å². The number of hydrogen-bond donors (Lipinski definition) is 1. The van der Waals surface area contributed by atoms with E-state index in [1.54, 1.807) is 0 Å². The SMILES string of the molecule is Brc1cccc2c[nH]cc12. The zero-order chi connectivity index (χ0) is 6.97. The van der Waals surface area contributed by atoms with Crippen LogP contribution in [0.2, 0.25) is 0 Å². The van der Waals surface area contributed by atoms with Gasteiger partial charge in [-0.25, -0.2) is 0 Å². The van der Waals surface area contributed by atoms with Crippen molar-refractivity contribution in [2.75, 3.05) is 0 Å². The lowest BCUT2D eigenvalue weighted by atomic mass is 10.2. The molecule has 0 fully saturated rings. The summed E-state index contributed by atoms with van der Waals surface area (Å²) < 4.78 is 1.14. The number of nitrogens with one attached hydrogen (secondary N) is 1. The molecule has 2 rings (SSSR count). The van der Waals surface area contributed by atoms with E-state index in [-0.39, 0.29) is 0 Å². The molecule has 0 aliphatic heterocycles. The third-order valence-corrected chi connectivity index (χ3v) is 2.24. The Kier molecular flexibility index (Phi) is 1.27. The van der Waals surface area contributed by atoms with Crippen molar-refractivity contribution in [2.45, 2.75) is 0 Å². The maximum atomic E-state index is 3.46. The summed E-state index contributed by atoms with van der Waals surface area (Å²) >= 11 is 3.46. The van der Waals surface area contributed by atoms with Gasteiger partial charge in [0.2, 0.25) is 0 Å². The van der Waals surface area contributed by atoms with Crippen molar-refractivity contribution in [3.8, 4) is 0 Å². The second kappa shape index (κ2) is 2.13. The highest BCUT2D eigenvalue weighted by atomic mass is 79.9. The summed E-state index contributed by atoms with van der Waals surface area (Å²) in [6.45, 7) is 0. The lowest BCUT2D eigenvalue weighted by Gasteiger charge is -1.89.